The highest BCUT2D eigenvalue weighted by molar-refractivity contribution is 6.42. The Hall–Kier alpha value is -1.27. The Bertz CT molecular complexity index is 585. The number of aliphatic hydroxyl groups excluding tert-OH is 1. The Labute approximate surface area is 145 Å². The van der Waals surface area contributed by atoms with Gasteiger partial charge in [-0.1, -0.05) is 29.3 Å². The minimum Gasteiger partial charge on any atom is -0.393 e. The first-order valence-corrected chi connectivity index (χ1v) is 8.17. The van der Waals surface area contributed by atoms with Gasteiger partial charge in [0.2, 0.25) is 5.91 Å². The number of carbonyl (C=O) groups is 1. The lowest BCUT2D eigenvalue weighted by atomic mass is 10.1. The molecule has 0 aliphatic carbocycles. The number of nitrogens with zero attached hydrogens (tertiary/aromatic N) is 1. The van der Waals surface area contributed by atoms with E-state index in [0.717, 1.165) is 5.56 Å². The molecule has 5 nitrogen and oxygen atoms in total. The third-order valence-electron chi connectivity index (χ3n) is 3.74. The zero-order valence-corrected chi connectivity index (χ0v) is 14.4. The average Bonchev–Trinajstić information content (AvgIpc) is 2.54. The Morgan fingerprint density at radius 1 is 1.39 bits per heavy atom. The quantitative estimate of drug-likeness (QED) is 0.794. The first-order chi connectivity index (χ1) is 11.0. The molecule has 1 aromatic rings. The van der Waals surface area contributed by atoms with Crippen molar-refractivity contribution in [2.24, 2.45) is 0 Å². The Morgan fingerprint density at radius 3 is 2.70 bits per heavy atom. The van der Waals surface area contributed by atoms with Gasteiger partial charge in [-0.2, -0.15) is 0 Å². The van der Waals surface area contributed by atoms with Gasteiger partial charge in [0.05, 0.1) is 29.0 Å². The highest BCUT2D eigenvalue weighted by Gasteiger charge is 2.20. The van der Waals surface area contributed by atoms with Crippen molar-refractivity contribution in [3.05, 3.63) is 39.9 Å². The molecule has 0 aromatic heterocycles. The monoisotopic (exact) mass is 358 g/mol. The van der Waals surface area contributed by atoms with Gasteiger partial charge in [-0.3, -0.25) is 15.1 Å². The van der Waals surface area contributed by atoms with E-state index in [9.17, 15) is 9.90 Å². The number of hydrogen-bond donors (Lipinski definition) is 2. The third-order valence-corrected chi connectivity index (χ3v) is 4.48. The lowest BCUT2D eigenvalue weighted by molar-refractivity contribution is -0.132. The van der Waals surface area contributed by atoms with Gasteiger partial charge in [0, 0.05) is 25.1 Å². The summed E-state index contributed by atoms with van der Waals surface area (Å²) in [7, 11) is 1.50. The summed E-state index contributed by atoms with van der Waals surface area (Å²) in [6.45, 7) is 1.18. The largest absolute Gasteiger partial charge is 0.393 e. The van der Waals surface area contributed by atoms with Crippen LogP contribution in [0.25, 0.3) is 5.70 Å². The fourth-order valence-electron chi connectivity index (χ4n) is 2.43. The van der Waals surface area contributed by atoms with E-state index in [2.05, 4.69) is 5.48 Å². The van der Waals surface area contributed by atoms with Crippen LogP contribution >= 0.6 is 23.2 Å². The van der Waals surface area contributed by atoms with Crippen LogP contribution < -0.4 is 5.48 Å². The third kappa shape index (κ3) is 5.11. The number of halogens is 2. The molecule has 1 aliphatic rings. The number of piperidine rings is 1. The Morgan fingerprint density at radius 2 is 2.09 bits per heavy atom. The van der Waals surface area contributed by atoms with E-state index in [1.807, 2.05) is 0 Å². The predicted octanol–water partition coefficient (Wildman–Crippen LogP) is 2.86. The Kier molecular flexibility index (Phi) is 6.72. The van der Waals surface area contributed by atoms with E-state index in [1.54, 1.807) is 29.2 Å². The van der Waals surface area contributed by atoms with Gasteiger partial charge in [-0.15, -0.1) is 0 Å². The molecule has 1 heterocycles. The van der Waals surface area contributed by atoms with Crippen LogP contribution in [-0.4, -0.2) is 42.2 Å². The molecular weight excluding hydrogens is 339 g/mol. The van der Waals surface area contributed by atoms with Crippen molar-refractivity contribution in [2.45, 2.75) is 25.4 Å². The molecule has 2 rings (SSSR count). The van der Waals surface area contributed by atoms with Gasteiger partial charge in [0.1, 0.15) is 0 Å². The minimum absolute atomic E-state index is 0.0207. The number of aliphatic hydroxyl groups is 1. The summed E-state index contributed by atoms with van der Waals surface area (Å²) in [5.41, 5.74) is 4.19. The summed E-state index contributed by atoms with van der Waals surface area (Å²) in [5, 5.41) is 10.4. The van der Waals surface area contributed by atoms with Crippen LogP contribution in [0.15, 0.2) is 24.3 Å². The van der Waals surface area contributed by atoms with E-state index < -0.39 is 0 Å². The highest BCUT2D eigenvalue weighted by Crippen LogP contribution is 2.25. The van der Waals surface area contributed by atoms with E-state index in [0.29, 0.717) is 41.7 Å². The smallest absolute Gasteiger partial charge is 0.226 e. The highest BCUT2D eigenvalue weighted by atomic mass is 35.5. The molecular formula is C16H20Cl2N2O3. The molecule has 0 radical (unpaired) electrons. The molecule has 0 unspecified atom stereocenters. The molecule has 7 heteroatoms. The first kappa shape index (κ1) is 18.1. The number of nitrogens with one attached hydrogen (secondary N) is 1. The van der Waals surface area contributed by atoms with Gasteiger partial charge in [0.15, 0.2) is 0 Å². The lowest BCUT2D eigenvalue weighted by Gasteiger charge is -2.29. The van der Waals surface area contributed by atoms with Crippen LogP contribution in [0.1, 0.15) is 24.8 Å². The van der Waals surface area contributed by atoms with Gasteiger partial charge < -0.3 is 10.0 Å². The first-order valence-electron chi connectivity index (χ1n) is 7.41. The second-order valence-corrected chi connectivity index (χ2v) is 6.18. The van der Waals surface area contributed by atoms with Crippen molar-refractivity contribution in [1.29, 1.82) is 0 Å². The molecule has 0 bridgehead atoms. The number of amides is 1. The van der Waals surface area contributed by atoms with Crippen molar-refractivity contribution in [2.75, 3.05) is 20.2 Å². The summed E-state index contributed by atoms with van der Waals surface area (Å²) >= 11 is 11.9. The standard InChI is InChI=1S/C16H20Cl2N2O3/c1-23-19-15(11-2-3-13(17)14(18)10-11)4-5-16(22)20-8-6-12(21)7-9-20/h2-4,10,12,19,21H,5-9H2,1H3/b15-4-. The molecule has 1 aromatic carbocycles. The molecule has 1 fully saturated rings. The fourth-order valence-corrected chi connectivity index (χ4v) is 2.72. The molecule has 1 aliphatic heterocycles. The maximum Gasteiger partial charge on any atom is 0.226 e. The van der Waals surface area contributed by atoms with E-state index in [1.165, 1.54) is 7.11 Å². The van der Waals surface area contributed by atoms with Gasteiger partial charge >= 0.3 is 0 Å². The number of carbonyl (C=O) groups excluding carboxylic acids is 1. The summed E-state index contributed by atoms with van der Waals surface area (Å²) in [5.74, 6) is 0.0207. The second kappa shape index (κ2) is 8.55. The SMILES string of the molecule is CON/C(=C\CC(=O)N1CCC(O)CC1)c1ccc(Cl)c(Cl)c1. The van der Waals surface area contributed by atoms with Crippen LogP contribution in [0.2, 0.25) is 10.0 Å². The number of likely N-dealkylation sites (tertiary alicyclic amines) is 1. The molecule has 2 N–H and O–H groups in total. The van der Waals surface area contributed by atoms with Crippen molar-refractivity contribution in [1.82, 2.24) is 10.4 Å². The molecule has 0 saturated carbocycles. The number of benzene rings is 1. The maximum absolute atomic E-state index is 12.2. The van der Waals surface area contributed by atoms with Crippen molar-refractivity contribution in [3.63, 3.8) is 0 Å². The van der Waals surface area contributed by atoms with E-state index >= 15 is 0 Å². The van der Waals surface area contributed by atoms with Crippen molar-refractivity contribution in [3.8, 4) is 0 Å². The molecule has 23 heavy (non-hydrogen) atoms. The topological polar surface area (TPSA) is 61.8 Å². The predicted molar refractivity (Wildman–Crippen MR) is 91.0 cm³/mol. The number of rotatable bonds is 5. The number of hydroxylamine groups is 1. The van der Waals surface area contributed by atoms with Crippen molar-refractivity contribution >= 4 is 34.8 Å². The zero-order valence-electron chi connectivity index (χ0n) is 12.9. The number of hydrogen-bond acceptors (Lipinski definition) is 4. The summed E-state index contributed by atoms with van der Waals surface area (Å²) < 4.78 is 0. The zero-order chi connectivity index (χ0) is 16.8. The summed E-state index contributed by atoms with van der Waals surface area (Å²) in [6.07, 6.45) is 2.96. The van der Waals surface area contributed by atoms with Crippen LogP contribution in [0, 0.1) is 0 Å². The van der Waals surface area contributed by atoms with E-state index in [-0.39, 0.29) is 18.4 Å². The van der Waals surface area contributed by atoms with E-state index in [4.69, 9.17) is 28.0 Å². The molecule has 0 atom stereocenters. The van der Waals surface area contributed by atoms with Crippen molar-refractivity contribution < 1.29 is 14.7 Å². The van der Waals surface area contributed by atoms with Crippen LogP contribution in [-0.2, 0) is 9.63 Å². The lowest BCUT2D eigenvalue weighted by Crippen LogP contribution is -2.39. The van der Waals surface area contributed by atoms with Crippen LogP contribution in [0.5, 0.6) is 0 Å². The average molecular weight is 359 g/mol. The van der Waals surface area contributed by atoms with Gasteiger partial charge in [-0.25, -0.2) is 0 Å². The molecule has 1 amide bonds. The maximum atomic E-state index is 12.2. The Balaban J connectivity index is 2.06. The summed E-state index contributed by atoms with van der Waals surface area (Å²) in [6, 6.07) is 5.20. The minimum atomic E-state index is -0.295. The molecule has 1 saturated heterocycles. The second-order valence-electron chi connectivity index (χ2n) is 5.37. The van der Waals surface area contributed by atoms with Crippen LogP contribution in [0.3, 0.4) is 0 Å². The van der Waals surface area contributed by atoms with Crippen LogP contribution in [0.4, 0.5) is 0 Å². The molecule has 0 spiro atoms. The normalized spacial score (nSPS) is 16.5. The van der Waals surface area contributed by atoms with Gasteiger partial charge in [0.25, 0.3) is 0 Å². The van der Waals surface area contributed by atoms with Gasteiger partial charge in [-0.05, 0) is 31.1 Å². The molecule has 126 valence electrons. The summed E-state index contributed by atoms with van der Waals surface area (Å²) in [4.78, 5) is 19.0. The fraction of sp³-hybridized carbons (Fsp3) is 0.438.